The molecule has 1 saturated heterocycles. The second-order valence-electron chi connectivity index (χ2n) is 7.84. The average Bonchev–Trinajstić information content (AvgIpc) is 2.85. The number of nitrogens with one attached hydrogen (secondary N) is 1. The van der Waals surface area contributed by atoms with Gasteiger partial charge in [-0.1, -0.05) is 42.5 Å². The molecule has 1 aliphatic heterocycles. The molecule has 0 spiro atoms. The quantitative estimate of drug-likeness (QED) is 0.550. The second kappa shape index (κ2) is 9.78. The van der Waals surface area contributed by atoms with Crippen molar-refractivity contribution in [2.75, 3.05) is 43.1 Å². The molecule has 1 amide bonds. The van der Waals surface area contributed by atoms with Gasteiger partial charge in [0.05, 0.1) is 13.2 Å². The van der Waals surface area contributed by atoms with E-state index in [9.17, 15) is 14.4 Å². The fraction of sp³-hybridized carbons (Fsp3) is 0.320. The van der Waals surface area contributed by atoms with Crippen molar-refractivity contribution >= 4 is 17.3 Å². The highest BCUT2D eigenvalue weighted by molar-refractivity contribution is 5.94. The summed E-state index contributed by atoms with van der Waals surface area (Å²) in [6.07, 6.45) is 0. The highest BCUT2D eigenvalue weighted by atomic mass is 16.5. The summed E-state index contributed by atoms with van der Waals surface area (Å²) in [7, 11) is 0. The van der Waals surface area contributed by atoms with E-state index in [-0.39, 0.29) is 5.91 Å². The Labute approximate surface area is 186 Å². The minimum Gasteiger partial charge on any atom is -0.378 e. The number of hydrogen-bond acceptors (Lipinski definition) is 6. The van der Waals surface area contributed by atoms with Gasteiger partial charge in [-0.05, 0) is 30.2 Å². The van der Waals surface area contributed by atoms with Crippen LogP contribution in [0.5, 0.6) is 0 Å². The van der Waals surface area contributed by atoms with E-state index in [1.165, 1.54) is 0 Å². The summed E-state index contributed by atoms with van der Waals surface area (Å²) in [5, 5.41) is 3.11. The van der Waals surface area contributed by atoms with Crippen LogP contribution in [0.25, 0.3) is 0 Å². The summed E-state index contributed by atoms with van der Waals surface area (Å²) in [5.41, 5.74) is 2.56. The average molecular weight is 434 g/mol. The van der Waals surface area contributed by atoms with E-state index in [1.54, 1.807) is 17.0 Å². The van der Waals surface area contributed by atoms with Crippen LogP contribution < -0.4 is 21.1 Å². The van der Waals surface area contributed by atoms with E-state index in [0.717, 1.165) is 11.1 Å². The molecule has 0 atom stereocenters. The third-order valence-electron chi connectivity index (χ3n) is 5.77. The van der Waals surface area contributed by atoms with Gasteiger partial charge in [-0.15, -0.1) is 0 Å². The Morgan fingerprint density at radius 1 is 0.969 bits per heavy atom. The van der Waals surface area contributed by atoms with Gasteiger partial charge in [0.25, 0.3) is 16.8 Å². The lowest BCUT2D eigenvalue weighted by molar-refractivity contribution is 0.0752. The molecule has 7 heteroatoms. The van der Waals surface area contributed by atoms with Crippen LogP contribution in [0.1, 0.15) is 28.4 Å². The van der Waals surface area contributed by atoms with E-state index >= 15 is 0 Å². The molecule has 0 saturated carbocycles. The third kappa shape index (κ3) is 4.57. The Hall–Kier alpha value is -3.45. The highest BCUT2D eigenvalue weighted by Crippen LogP contribution is 2.22. The van der Waals surface area contributed by atoms with Crippen molar-refractivity contribution in [3.63, 3.8) is 0 Å². The lowest BCUT2D eigenvalue weighted by atomic mass is 10.1. The van der Waals surface area contributed by atoms with Gasteiger partial charge in [0.1, 0.15) is 11.4 Å². The van der Waals surface area contributed by atoms with E-state index in [4.69, 9.17) is 4.74 Å². The molecular weight excluding hydrogens is 406 g/mol. The molecule has 0 bridgehead atoms. The smallest absolute Gasteiger partial charge is 0.254 e. The van der Waals surface area contributed by atoms with E-state index in [0.29, 0.717) is 62.9 Å². The molecule has 1 aliphatic rings. The largest absolute Gasteiger partial charge is 0.378 e. The molecule has 32 heavy (non-hydrogen) atoms. The second-order valence-corrected chi connectivity index (χ2v) is 7.84. The van der Waals surface area contributed by atoms with Gasteiger partial charge in [-0.25, -0.2) is 0 Å². The zero-order chi connectivity index (χ0) is 22.5. The molecular formula is C25H27N3O4. The summed E-state index contributed by atoms with van der Waals surface area (Å²) in [6, 6.07) is 17.3. The Bertz CT molecular complexity index is 1130. The van der Waals surface area contributed by atoms with Crippen LogP contribution in [-0.4, -0.2) is 43.7 Å². The lowest BCUT2D eigenvalue weighted by Gasteiger charge is -2.30. The van der Waals surface area contributed by atoms with Crippen LogP contribution in [0.3, 0.4) is 0 Å². The zero-order valence-corrected chi connectivity index (χ0v) is 18.2. The Morgan fingerprint density at radius 2 is 1.66 bits per heavy atom. The lowest BCUT2D eigenvalue weighted by Crippen LogP contribution is -2.46. The first-order valence-electron chi connectivity index (χ1n) is 10.9. The first kappa shape index (κ1) is 21.8. The fourth-order valence-electron chi connectivity index (χ4n) is 3.90. The van der Waals surface area contributed by atoms with Gasteiger partial charge >= 0.3 is 0 Å². The van der Waals surface area contributed by atoms with Gasteiger partial charge in [0, 0.05) is 38.3 Å². The molecule has 166 valence electrons. The predicted octanol–water partition coefficient (Wildman–Crippen LogP) is 2.39. The molecule has 0 aromatic heterocycles. The molecule has 1 N–H and O–H groups in total. The topological polar surface area (TPSA) is 79.0 Å². The van der Waals surface area contributed by atoms with Crippen molar-refractivity contribution in [2.45, 2.75) is 20.0 Å². The van der Waals surface area contributed by atoms with Crippen LogP contribution in [0.4, 0.5) is 11.4 Å². The molecule has 1 fully saturated rings. The Balaban J connectivity index is 1.39. The number of nitrogens with zero attached hydrogens (tertiary/aromatic N) is 2. The summed E-state index contributed by atoms with van der Waals surface area (Å²) < 4.78 is 5.32. The van der Waals surface area contributed by atoms with Crippen molar-refractivity contribution < 1.29 is 9.53 Å². The number of carbonyl (C=O) groups excluding carboxylic acids is 1. The number of ether oxygens (including phenoxy) is 1. The van der Waals surface area contributed by atoms with E-state index in [1.807, 2.05) is 54.3 Å². The normalized spacial score (nSPS) is 13.8. The van der Waals surface area contributed by atoms with Crippen molar-refractivity contribution in [3.05, 3.63) is 91.7 Å². The number of morpholine rings is 1. The van der Waals surface area contributed by atoms with Crippen molar-refractivity contribution in [1.82, 2.24) is 4.90 Å². The van der Waals surface area contributed by atoms with Gasteiger partial charge < -0.3 is 19.9 Å². The SMILES string of the molecule is CCN(Cc1ccccc1)C(=O)c1ccc(CNc2c(N3CCOCC3)c(=O)c2=O)cc1. The third-order valence-corrected chi connectivity index (χ3v) is 5.77. The van der Waals surface area contributed by atoms with Crippen LogP contribution in [0.2, 0.25) is 0 Å². The summed E-state index contributed by atoms with van der Waals surface area (Å²) in [4.78, 5) is 40.7. The van der Waals surface area contributed by atoms with Gasteiger partial charge in [0.2, 0.25) is 0 Å². The van der Waals surface area contributed by atoms with Crippen molar-refractivity contribution in [3.8, 4) is 0 Å². The van der Waals surface area contributed by atoms with Gasteiger partial charge in [-0.2, -0.15) is 0 Å². The van der Waals surface area contributed by atoms with E-state index < -0.39 is 10.9 Å². The van der Waals surface area contributed by atoms with Crippen LogP contribution in [0.15, 0.2) is 64.2 Å². The predicted molar refractivity (Wildman–Crippen MR) is 125 cm³/mol. The summed E-state index contributed by atoms with van der Waals surface area (Å²) >= 11 is 0. The maximum atomic E-state index is 12.9. The minimum absolute atomic E-state index is 0.0204. The summed E-state index contributed by atoms with van der Waals surface area (Å²) in [6.45, 7) is 5.85. The Morgan fingerprint density at radius 3 is 2.31 bits per heavy atom. The minimum atomic E-state index is -0.474. The number of anilines is 2. The standard InChI is InChI=1S/C25H27N3O4/c1-2-27(17-19-6-4-3-5-7-19)25(31)20-10-8-18(9-11-20)16-26-21-22(24(30)23(21)29)28-12-14-32-15-13-28/h3-11,26H,2,12-17H2,1H3. The summed E-state index contributed by atoms with van der Waals surface area (Å²) in [5.74, 6) is -0.0204. The highest BCUT2D eigenvalue weighted by Gasteiger charge is 2.27. The molecule has 0 radical (unpaired) electrons. The number of benzene rings is 2. The number of rotatable bonds is 8. The maximum absolute atomic E-state index is 12.9. The zero-order valence-electron chi connectivity index (χ0n) is 18.2. The number of amides is 1. The Kier molecular flexibility index (Phi) is 6.66. The monoisotopic (exact) mass is 433 g/mol. The molecule has 3 aromatic carbocycles. The first-order chi connectivity index (χ1) is 15.6. The van der Waals surface area contributed by atoms with Crippen LogP contribution in [0, 0.1) is 0 Å². The van der Waals surface area contributed by atoms with Crippen molar-refractivity contribution in [1.29, 1.82) is 0 Å². The van der Waals surface area contributed by atoms with Gasteiger partial charge in [0.15, 0.2) is 0 Å². The van der Waals surface area contributed by atoms with Crippen molar-refractivity contribution in [2.24, 2.45) is 0 Å². The van der Waals surface area contributed by atoms with Crippen LogP contribution >= 0.6 is 0 Å². The molecule has 4 rings (SSSR count). The molecule has 7 nitrogen and oxygen atoms in total. The molecule has 0 aliphatic carbocycles. The molecule has 1 heterocycles. The molecule has 0 unspecified atom stereocenters. The fourth-order valence-corrected chi connectivity index (χ4v) is 3.90. The first-order valence-corrected chi connectivity index (χ1v) is 10.9. The number of hydrogen-bond donors (Lipinski definition) is 1. The van der Waals surface area contributed by atoms with Crippen LogP contribution in [-0.2, 0) is 17.8 Å². The van der Waals surface area contributed by atoms with Gasteiger partial charge in [-0.3, -0.25) is 14.4 Å². The maximum Gasteiger partial charge on any atom is 0.254 e. The number of carbonyl (C=O) groups is 1. The van der Waals surface area contributed by atoms with E-state index in [2.05, 4.69) is 5.32 Å². The molecule has 3 aromatic rings.